The van der Waals surface area contributed by atoms with Crippen molar-refractivity contribution in [1.82, 2.24) is 0 Å². The molecule has 0 spiro atoms. The third-order valence-electron chi connectivity index (χ3n) is 3.67. The van der Waals surface area contributed by atoms with Crippen LogP contribution in [0.3, 0.4) is 0 Å². The summed E-state index contributed by atoms with van der Waals surface area (Å²) in [5.41, 5.74) is 3.42. The van der Waals surface area contributed by atoms with Gasteiger partial charge < -0.3 is 15.1 Å². The van der Waals surface area contributed by atoms with Crippen molar-refractivity contribution in [3.05, 3.63) is 59.2 Å². The predicted octanol–water partition coefficient (Wildman–Crippen LogP) is 2.65. The van der Waals surface area contributed by atoms with Gasteiger partial charge in [-0.1, -0.05) is 18.2 Å². The molecule has 4 nitrogen and oxygen atoms in total. The van der Waals surface area contributed by atoms with Crippen LogP contribution in [0.1, 0.15) is 21.5 Å². The predicted molar refractivity (Wildman–Crippen MR) is 76.3 cm³/mol. The van der Waals surface area contributed by atoms with Crippen LogP contribution in [0.15, 0.2) is 42.5 Å². The zero-order chi connectivity index (χ0) is 14.1. The molecule has 0 unspecified atom stereocenters. The topological polar surface area (TPSA) is 60.8 Å². The normalized spacial score (nSPS) is 13.3. The van der Waals surface area contributed by atoms with E-state index in [4.69, 9.17) is 5.11 Å². The first-order chi connectivity index (χ1) is 9.65. The largest absolute Gasteiger partial charge is 0.508 e. The molecular formula is C16H15NO3. The Hall–Kier alpha value is -2.49. The lowest BCUT2D eigenvalue weighted by atomic mass is 10.1. The van der Waals surface area contributed by atoms with Crippen LogP contribution < -0.4 is 4.90 Å². The van der Waals surface area contributed by atoms with E-state index in [-0.39, 0.29) is 0 Å². The first-order valence-corrected chi connectivity index (χ1v) is 6.53. The second-order valence-electron chi connectivity index (χ2n) is 4.95. The van der Waals surface area contributed by atoms with Crippen LogP contribution in [0.2, 0.25) is 0 Å². The van der Waals surface area contributed by atoms with E-state index in [9.17, 15) is 9.90 Å². The van der Waals surface area contributed by atoms with Gasteiger partial charge in [-0.25, -0.2) is 4.79 Å². The number of carboxylic acids is 1. The first kappa shape index (κ1) is 12.5. The number of rotatable bonds is 3. The maximum Gasteiger partial charge on any atom is 0.335 e. The van der Waals surface area contributed by atoms with Gasteiger partial charge in [0.25, 0.3) is 0 Å². The minimum absolute atomic E-state index is 0.299. The zero-order valence-corrected chi connectivity index (χ0v) is 10.9. The van der Waals surface area contributed by atoms with Crippen LogP contribution in [0.4, 0.5) is 5.69 Å². The Kier molecular flexibility index (Phi) is 3.06. The van der Waals surface area contributed by atoms with Crippen molar-refractivity contribution in [2.45, 2.75) is 13.0 Å². The highest BCUT2D eigenvalue weighted by Crippen LogP contribution is 2.34. The lowest BCUT2D eigenvalue weighted by Gasteiger charge is -2.19. The minimum Gasteiger partial charge on any atom is -0.508 e. The monoisotopic (exact) mass is 269 g/mol. The molecule has 1 aliphatic heterocycles. The molecule has 3 rings (SSSR count). The molecule has 20 heavy (non-hydrogen) atoms. The second-order valence-corrected chi connectivity index (χ2v) is 4.95. The molecule has 0 atom stereocenters. The first-order valence-electron chi connectivity index (χ1n) is 6.53. The van der Waals surface area contributed by atoms with Gasteiger partial charge in [0.2, 0.25) is 0 Å². The quantitative estimate of drug-likeness (QED) is 0.899. The van der Waals surface area contributed by atoms with Gasteiger partial charge in [-0.3, -0.25) is 0 Å². The Morgan fingerprint density at radius 2 is 1.90 bits per heavy atom. The van der Waals surface area contributed by atoms with Gasteiger partial charge in [-0.2, -0.15) is 0 Å². The van der Waals surface area contributed by atoms with Crippen molar-refractivity contribution in [1.29, 1.82) is 0 Å². The molecule has 0 saturated carbocycles. The highest BCUT2D eigenvalue weighted by atomic mass is 16.4. The van der Waals surface area contributed by atoms with Crippen molar-refractivity contribution in [2.75, 3.05) is 11.4 Å². The molecule has 2 aromatic rings. The highest BCUT2D eigenvalue weighted by Gasteiger charge is 2.21. The van der Waals surface area contributed by atoms with E-state index in [2.05, 4.69) is 4.90 Å². The van der Waals surface area contributed by atoms with Crippen molar-refractivity contribution in [3.8, 4) is 5.75 Å². The number of aromatic carboxylic acids is 1. The van der Waals surface area contributed by atoms with E-state index in [1.54, 1.807) is 18.2 Å². The third kappa shape index (κ3) is 2.20. The fourth-order valence-electron chi connectivity index (χ4n) is 2.62. The minimum atomic E-state index is -0.909. The molecule has 0 aromatic heterocycles. The molecule has 1 heterocycles. The van der Waals surface area contributed by atoms with Crippen LogP contribution >= 0.6 is 0 Å². The summed E-state index contributed by atoms with van der Waals surface area (Å²) in [4.78, 5) is 13.0. The Bertz CT molecular complexity index is 649. The highest BCUT2D eigenvalue weighted by molar-refractivity contribution is 5.87. The maximum atomic E-state index is 10.8. The Morgan fingerprint density at radius 3 is 2.60 bits per heavy atom. The second kappa shape index (κ2) is 4.89. The Morgan fingerprint density at radius 1 is 1.15 bits per heavy atom. The molecule has 4 heteroatoms. The number of anilines is 1. The molecule has 1 aliphatic rings. The summed E-state index contributed by atoms with van der Waals surface area (Å²) in [6, 6.07) is 12.5. The number of hydrogen-bond donors (Lipinski definition) is 2. The van der Waals surface area contributed by atoms with Gasteiger partial charge in [0.05, 0.1) is 5.56 Å². The van der Waals surface area contributed by atoms with Crippen molar-refractivity contribution in [3.63, 3.8) is 0 Å². The van der Waals surface area contributed by atoms with Crippen LogP contribution in [0, 0.1) is 0 Å². The average molecular weight is 269 g/mol. The lowest BCUT2D eigenvalue weighted by Crippen LogP contribution is -2.19. The summed E-state index contributed by atoms with van der Waals surface area (Å²) < 4.78 is 0. The van der Waals surface area contributed by atoms with E-state index in [0.717, 1.165) is 36.3 Å². The van der Waals surface area contributed by atoms with Crippen LogP contribution in [-0.4, -0.2) is 22.7 Å². The fraction of sp³-hybridized carbons (Fsp3) is 0.188. The summed E-state index contributed by atoms with van der Waals surface area (Å²) in [7, 11) is 0. The molecule has 102 valence electrons. The number of fused-ring (bicyclic) bond motifs is 1. The number of phenolic OH excluding ortho intramolecular Hbond substituents is 1. The Balaban J connectivity index is 1.80. The maximum absolute atomic E-state index is 10.8. The molecule has 0 saturated heterocycles. The number of carbonyl (C=O) groups is 1. The molecule has 2 aromatic carbocycles. The molecule has 2 N–H and O–H groups in total. The number of nitrogens with zero attached hydrogens (tertiary/aromatic N) is 1. The third-order valence-corrected chi connectivity index (χ3v) is 3.67. The molecule has 0 aliphatic carbocycles. The smallest absolute Gasteiger partial charge is 0.335 e. The van der Waals surface area contributed by atoms with Gasteiger partial charge in [0, 0.05) is 24.3 Å². The molecule has 0 amide bonds. The van der Waals surface area contributed by atoms with E-state index in [1.165, 1.54) is 0 Å². The number of hydrogen-bond acceptors (Lipinski definition) is 3. The Labute approximate surface area is 116 Å². The van der Waals surface area contributed by atoms with Gasteiger partial charge in [0.1, 0.15) is 5.75 Å². The average Bonchev–Trinajstić information content (AvgIpc) is 2.84. The standard InChI is InChI=1S/C16H15NO3/c18-15-3-1-2-14-13(15)8-9-17(14)10-11-4-6-12(7-5-11)16(19)20/h1-7,18H,8-10H2,(H,19,20). The van der Waals surface area contributed by atoms with Crippen LogP contribution in [0.25, 0.3) is 0 Å². The zero-order valence-electron chi connectivity index (χ0n) is 10.9. The van der Waals surface area contributed by atoms with E-state index in [0.29, 0.717) is 11.3 Å². The summed E-state index contributed by atoms with van der Waals surface area (Å²) in [6.07, 6.45) is 0.842. The van der Waals surface area contributed by atoms with Crippen molar-refractivity contribution >= 4 is 11.7 Å². The van der Waals surface area contributed by atoms with E-state index >= 15 is 0 Å². The SMILES string of the molecule is O=C(O)c1ccc(CN2CCc3c(O)cccc32)cc1. The molecule has 0 radical (unpaired) electrons. The lowest BCUT2D eigenvalue weighted by molar-refractivity contribution is 0.0697. The summed E-state index contributed by atoms with van der Waals surface area (Å²) >= 11 is 0. The summed E-state index contributed by atoms with van der Waals surface area (Å²) in [5, 5.41) is 18.7. The fourth-order valence-corrected chi connectivity index (χ4v) is 2.62. The molecule has 0 fully saturated rings. The molecular weight excluding hydrogens is 254 g/mol. The number of benzene rings is 2. The van der Waals surface area contributed by atoms with Crippen molar-refractivity contribution < 1.29 is 15.0 Å². The van der Waals surface area contributed by atoms with Crippen LogP contribution in [-0.2, 0) is 13.0 Å². The van der Waals surface area contributed by atoms with Gasteiger partial charge in [-0.15, -0.1) is 0 Å². The van der Waals surface area contributed by atoms with Gasteiger partial charge >= 0.3 is 5.97 Å². The summed E-state index contributed by atoms with van der Waals surface area (Å²) in [5.74, 6) is -0.556. The summed E-state index contributed by atoms with van der Waals surface area (Å²) in [6.45, 7) is 1.59. The number of aromatic hydroxyl groups is 1. The molecule has 0 bridgehead atoms. The van der Waals surface area contributed by atoms with Crippen molar-refractivity contribution in [2.24, 2.45) is 0 Å². The van der Waals surface area contributed by atoms with Crippen LogP contribution in [0.5, 0.6) is 5.75 Å². The number of carboxylic acid groups (broad SMARTS) is 1. The van der Waals surface area contributed by atoms with E-state index in [1.807, 2.05) is 24.3 Å². The number of phenols is 1. The van der Waals surface area contributed by atoms with Gasteiger partial charge in [-0.05, 0) is 36.2 Å². The van der Waals surface area contributed by atoms with Gasteiger partial charge in [0.15, 0.2) is 0 Å². The van der Waals surface area contributed by atoms with E-state index < -0.39 is 5.97 Å².